The lowest BCUT2D eigenvalue weighted by Gasteiger charge is -2.41. The van der Waals surface area contributed by atoms with E-state index in [0.717, 1.165) is 35.7 Å². The maximum Gasteiger partial charge on any atom is 0.229 e. The summed E-state index contributed by atoms with van der Waals surface area (Å²) in [5.74, 6) is 0.0837. The third-order valence-electron chi connectivity index (χ3n) is 5.72. The topological polar surface area (TPSA) is 57.7 Å². The Hall–Kier alpha value is -1.69. The van der Waals surface area contributed by atoms with Crippen LogP contribution in [0.1, 0.15) is 44.1 Å². The van der Waals surface area contributed by atoms with E-state index in [2.05, 4.69) is 15.9 Å². The number of likely N-dealkylation sites (tertiary alicyclic amines) is 1. The van der Waals surface area contributed by atoms with Crippen molar-refractivity contribution in [1.82, 2.24) is 9.80 Å². The van der Waals surface area contributed by atoms with E-state index in [1.807, 2.05) is 29.2 Å². The Bertz CT molecular complexity index is 688. The fourth-order valence-electron chi connectivity index (χ4n) is 4.64. The van der Waals surface area contributed by atoms with Gasteiger partial charge >= 0.3 is 0 Å². The highest BCUT2D eigenvalue weighted by Crippen LogP contribution is 2.39. The predicted molar refractivity (Wildman–Crippen MR) is 95.6 cm³/mol. The molecule has 3 heterocycles. The number of carbonyl (C=O) groups is 3. The first-order chi connectivity index (χ1) is 12.0. The molecule has 1 unspecified atom stereocenters. The molecular formula is C19H21BrN2O3. The highest BCUT2D eigenvalue weighted by molar-refractivity contribution is 9.10. The molecule has 6 heteroatoms. The van der Waals surface area contributed by atoms with Gasteiger partial charge in [-0.05, 0) is 43.4 Å². The molecule has 2 bridgehead atoms. The molecule has 3 atom stereocenters. The SMILES string of the molecule is O=C1CCC(=O)N1C1C[C@H]2CC[C@@H](C1)N2C(=O)Cc1ccc(Br)cc1. The van der Waals surface area contributed by atoms with Crippen LogP contribution in [0, 0.1) is 0 Å². The van der Waals surface area contributed by atoms with Crippen LogP contribution in [0.4, 0.5) is 0 Å². The van der Waals surface area contributed by atoms with Gasteiger partial charge in [-0.25, -0.2) is 0 Å². The minimum Gasteiger partial charge on any atom is -0.336 e. The van der Waals surface area contributed by atoms with Crippen LogP contribution in [0.5, 0.6) is 0 Å². The van der Waals surface area contributed by atoms with E-state index in [4.69, 9.17) is 0 Å². The van der Waals surface area contributed by atoms with Gasteiger partial charge in [-0.1, -0.05) is 28.1 Å². The van der Waals surface area contributed by atoms with Crippen LogP contribution in [-0.4, -0.2) is 45.6 Å². The van der Waals surface area contributed by atoms with Crippen molar-refractivity contribution in [2.75, 3.05) is 0 Å². The number of rotatable bonds is 3. The smallest absolute Gasteiger partial charge is 0.229 e. The number of halogens is 1. The van der Waals surface area contributed by atoms with Crippen molar-refractivity contribution in [2.24, 2.45) is 0 Å². The molecule has 3 aliphatic rings. The molecule has 3 saturated heterocycles. The van der Waals surface area contributed by atoms with Gasteiger partial charge < -0.3 is 4.90 Å². The van der Waals surface area contributed by atoms with Crippen molar-refractivity contribution in [1.29, 1.82) is 0 Å². The summed E-state index contributed by atoms with van der Waals surface area (Å²) in [7, 11) is 0. The molecule has 0 N–H and O–H groups in total. The Morgan fingerprint density at radius 2 is 1.52 bits per heavy atom. The van der Waals surface area contributed by atoms with Crippen molar-refractivity contribution < 1.29 is 14.4 Å². The van der Waals surface area contributed by atoms with Gasteiger partial charge in [-0.2, -0.15) is 0 Å². The second-order valence-corrected chi connectivity index (χ2v) is 8.19. The van der Waals surface area contributed by atoms with Gasteiger partial charge in [0.25, 0.3) is 0 Å². The molecule has 0 saturated carbocycles. The molecule has 1 aromatic rings. The van der Waals surface area contributed by atoms with Gasteiger partial charge in [-0.15, -0.1) is 0 Å². The maximum absolute atomic E-state index is 12.8. The number of amides is 3. The number of nitrogens with zero attached hydrogens (tertiary/aromatic N) is 2. The van der Waals surface area contributed by atoms with Crippen molar-refractivity contribution in [3.63, 3.8) is 0 Å². The first-order valence-electron chi connectivity index (χ1n) is 8.93. The van der Waals surface area contributed by atoms with E-state index in [1.165, 1.54) is 4.90 Å². The normalized spacial score (nSPS) is 28.8. The molecule has 25 heavy (non-hydrogen) atoms. The summed E-state index contributed by atoms with van der Waals surface area (Å²) < 4.78 is 1.00. The molecule has 0 spiro atoms. The Balaban J connectivity index is 1.45. The summed E-state index contributed by atoms with van der Waals surface area (Å²) in [5.41, 5.74) is 1.01. The van der Waals surface area contributed by atoms with Gasteiger partial charge in [0.15, 0.2) is 0 Å². The summed E-state index contributed by atoms with van der Waals surface area (Å²) in [4.78, 5) is 40.4. The van der Waals surface area contributed by atoms with Crippen LogP contribution < -0.4 is 0 Å². The minimum absolute atomic E-state index is 0.0169. The lowest BCUT2D eigenvalue weighted by molar-refractivity contribution is -0.144. The predicted octanol–water partition coefficient (Wildman–Crippen LogP) is 2.66. The van der Waals surface area contributed by atoms with E-state index >= 15 is 0 Å². The number of carbonyl (C=O) groups excluding carboxylic acids is 3. The van der Waals surface area contributed by atoms with Crippen LogP contribution in [-0.2, 0) is 20.8 Å². The van der Waals surface area contributed by atoms with E-state index in [0.29, 0.717) is 19.3 Å². The number of hydrogen-bond acceptors (Lipinski definition) is 3. The quantitative estimate of drug-likeness (QED) is 0.727. The molecule has 0 aromatic heterocycles. The van der Waals surface area contributed by atoms with Crippen molar-refractivity contribution in [2.45, 2.75) is 63.1 Å². The molecule has 0 aliphatic carbocycles. The van der Waals surface area contributed by atoms with Crippen molar-refractivity contribution in [3.05, 3.63) is 34.3 Å². The number of imide groups is 1. The lowest BCUT2D eigenvalue weighted by atomic mass is 9.95. The summed E-state index contributed by atoms with van der Waals surface area (Å²) in [6, 6.07) is 8.15. The minimum atomic E-state index is -0.0379. The van der Waals surface area contributed by atoms with Gasteiger partial charge in [0.1, 0.15) is 0 Å². The molecular weight excluding hydrogens is 384 g/mol. The van der Waals surface area contributed by atoms with Crippen molar-refractivity contribution in [3.8, 4) is 0 Å². The summed E-state index contributed by atoms with van der Waals surface area (Å²) in [6.45, 7) is 0. The van der Waals surface area contributed by atoms with Gasteiger partial charge in [0.2, 0.25) is 17.7 Å². The third-order valence-corrected chi connectivity index (χ3v) is 6.25. The van der Waals surface area contributed by atoms with E-state index in [1.54, 1.807) is 0 Å². The number of fused-ring (bicyclic) bond motifs is 2. The van der Waals surface area contributed by atoms with E-state index in [-0.39, 0.29) is 35.8 Å². The first kappa shape index (κ1) is 16.8. The van der Waals surface area contributed by atoms with Crippen LogP contribution in [0.25, 0.3) is 0 Å². The first-order valence-corrected chi connectivity index (χ1v) is 9.72. The average molecular weight is 405 g/mol. The zero-order chi connectivity index (χ0) is 17.6. The lowest BCUT2D eigenvalue weighted by Crippen LogP contribution is -2.54. The number of hydrogen-bond donors (Lipinski definition) is 0. The fraction of sp³-hybridized carbons (Fsp3) is 0.526. The summed E-state index contributed by atoms with van der Waals surface area (Å²) in [6.07, 6.45) is 4.52. The molecule has 3 amide bonds. The van der Waals surface area contributed by atoms with E-state index < -0.39 is 0 Å². The molecule has 1 aromatic carbocycles. The largest absolute Gasteiger partial charge is 0.336 e. The van der Waals surface area contributed by atoms with Crippen LogP contribution in [0.3, 0.4) is 0 Å². The maximum atomic E-state index is 12.8. The monoisotopic (exact) mass is 404 g/mol. The standard InChI is InChI=1S/C19H21BrN2O3/c20-13-3-1-12(2-4-13)9-19(25)21-14-5-6-15(21)11-16(10-14)22-17(23)7-8-18(22)24/h1-4,14-16H,5-11H2/t14-,15+,16?. The van der Waals surface area contributed by atoms with Crippen molar-refractivity contribution >= 4 is 33.7 Å². The third kappa shape index (κ3) is 3.12. The Morgan fingerprint density at radius 3 is 2.08 bits per heavy atom. The molecule has 3 aliphatic heterocycles. The molecule has 132 valence electrons. The Kier molecular flexibility index (Phi) is 4.40. The summed E-state index contributed by atoms with van der Waals surface area (Å²) >= 11 is 3.41. The molecule has 0 radical (unpaired) electrons. The number of piperidine rings is 1. The highest BCUT2D eigenvalue weighted by atomic mass is 79.9. The fourth-order valence-corrected chi connectivity index (χ4v) is 4.90. The average Bonchev–Trinajstić information content (AvgIpc) is 3.06. The Morgan fingerprint density at radius 1 is 0.960 bits per heavy atom. The van der Waals surface area contributed by atoms with E-state index in [9.17, 15) is 14.4 Å². The van der Waals surface area contributed by atoms with Gasteiger partial charge in [0.05, 0.1) is 6.42 Å². The number of benzene rings is 1. The van der Waals surface area contributed by atoms with Gasteiger partial charge in [-0.3, -0.25) is 19.3 Å². The molecule has 5 nitrogen and oxygen atoms in total. The second kappa shape index (κ2) is 6.56. The Labute approximate surface area is 155 Å². The molecule has 4 rings (SSSR count). The van der Waals surface area contributed by atoms with Gasteiger partial charge in [0, 0.05) is 35.4 Å². The summed E-state index contributed by atoms with van der Waals surface area (Å²) in [5, 5.41) is 0. The van der Waals surface area contributed by atoms with Crippen LogP contribution in [0.2, 0.25) is 0 Å². The highest BCUT2D eigenvalue weighted by Gasteiger charge is 2.47. The van der Waals surface area contributed by atoms with Crippen LogP contribution >= 0.6 is 15.9 Å². The zero-order valence-corrected chi connectivity index (χ0v) is 15.6. The second-order valence-electron chi connectivity index (χ2n) is 7.27. The molecule has 3 fully saturated rings. The zero-order valence-electron chi connectivity index (χ0n) is 14.0. The van der Waals surface area contributed by atoms with Crippen LogP contribution in [0.15, 0.2) is 28.7 Å².